The lowest BCUT2D eigenvalue weighted by Crippen LogP contribution is -2.10. The number of nitrogen functional groups attached to an aromatic ring is 1. The predicted octanol–water partition coefficient (Wildman–Crippen LogP) is 1.30. The molecule has 0 radical (unpaired) electrons. The molecule has 3 N–H and O–H groups in total. The molecule has 0 aromatic carbocycles. The molecule has 10 heavy (non-hydrogen) atoms. The second-order valence-electron chi connectivity index (χ2n) is 1.79. The summed E-state index contributed by atoms with van der Waals surface area (Å²) in [6, 6.07) is 3.89. The lowest BCUT2D eigenvalue weighted by Gasteiger charge is -2.02. The van der Waals surface area contributed by atoms with E-state index in [0.717, 1.165) is 15.8 Å². The van der Waals surface area contributed by atoms with Gasteiger partial charge in [0.05, 0.1) is 0 Å². The highest BCUT2D eigenvalue weighted by atomic mass is 127. The second kappa shape index (κ2) is 3.72. The monoisotopic (exact) mass is 249 g/mol. The number of pyridine rings is 1. The summed E-state index contributed by atoms with van der Waals surface area (Å²) in [5.74, 6) is 5.97. The zero-order valence-corrected chi connectivity index (χ0v) is 7.50. The summed E-state index contributed by atoms with van der Waals surface area (Å²) in [6.45, 7) is 0. The third-order valence-electron chi connectivity index (χ3n) is 1.17. The van der Waals surface area contributed by atoms with Gasteiger partial charge in [-0.1, -0.05) is 28.7 Å². The van der Waals surface area contributed by atoms with Crippen LogP contribution in [0.4, 0.5) is 5.82 Å². The lowest BCUT2D eigenvalue weighted by atomic mass is 10.3. The van der Waals surface area contributed by atoms with Crippen LogP contribution in [-0.4, -0.2) is 4.98 Å². The van der Waals surface area contributed by atoms with Crippen molar-refractivity contribution in [1.82, 2.24) is 4.98 Å². The van der Waals surface area contributed by atoms with Gasteiger partial charge >= 0.3 is 0 Å². The van der Waals surface area contributed by atoms with Crippen LogP contribution in [0.25, 0.3) is 0 Å². The molecular formula is C6H8IN3. The molecule has 1 rings (SSSR count). The van der Waals surface area contributed by atoms with E-state index in [1.807, 2.05) is 12.1 Å². The van der Waals surface area contributed by atoms with Crippen molar-refractivity contribution < 1.29 is 0 Å². The van der Waals surface area contributed by atoms with E-state index in [0.29, 0.717) is 0 Å². The fourth-order valence-corrected chi connectivity index (χ4v) is 1.29. The minimum Gasteiger partial charge on any atom is -0.308 e. The summed E-state index contributed by atoms with van der Waals surface area (Å²) in [5.41, 5.74) is 3.66. The minimum atomic E-state index is 0.761. The van der Waals surface area contributed by atoms with Gasteiger partial charge in [-0.2, -0.15) is 0 Å². The van der Waals surface area contributed by atoms with Gasteiger partial charge < -0.3 is 5.43 Å². The van der Waals surface area contributed by atoms with Crippen molar-refractivity contribution >= 4 is 28.4 Å². The van der Waals surface area contributed by atoms with Crippen molar-refractivity contribution in [2.24, 2.45) is 5.84 Å². The number of rotatable bonds is 2. The number of alkyl halides is 1. The molecular weight excluding hydrogens is 241 g/mol. The van der Waals surface area contributed by atoms with Gasteiger partial charge in [-0.3, -0.25) is 0 Å². The average Bonchev–Trinajstić information content (AvgIpc) is 2.04. The first-order valence-corrected chi connectivity index (χ1v) is 4.37. The summed E-state index contributed by atoms with van der Waals surface area (Å²) in [4.78, 5) is 4.03. The number of nitrogens with two attached hydrogens (primary N) is 1. The van der Waals surface area contributed by atoms with Gasteiger partial charge in [0.2, 0.25) is 0 Å². The second-order valence-corrected chi connectivity index (χ2v) is 2.55. The molecule has 54 valence electrons. The number of hydrazine groups is 1. The number of hydrogen-bond acceptors (Lipinski definition) is 3. The number of aromatic nitrogens is 1. The molecule has 0 saturated carbocycles. The summed E-state index contributed by atoms with van der Waals surface area (Å²) in [5, 5.41) is 0. The maximum absolute atomic E-state index is 5.21. The fraction of sp³-hybridized carbons (Fsp3) is 0.167. The third kappa shape index (κ3) is 1.57. The predicted molar refractivity (Wildman–Crippen MR) is 49.8 cm³/mol. The van der Waals surface area contributed by atoms with Gasteiger partial charge in [-0.05, 0) is 6.07 Å². The van der Waals surface area contributed by atoms with Crippen LogP contribution in [0.15, 0.2) is 18.3 Å². The molecule has 0 atom stereocenters. The molecule has 0 fully saturated rings. The maximum atomic E-state index is 5.21. The Balaban J connectivity index is 2.96. The van der Waals surface area contributed by atoms with Crippen molar-refractivity contribution in [1.29, 1.82) is 0 Å². The highest BCUT2D eigenvalue weighted by Crippen LogP contribution is 2.12. The van der Waals surface area contributed by atoms with Crippen molar-refractivity contribution in [2.75, 3.05) is 5.43 Å². The first kappa shape index (κ1) is 7.74. The minimum absolute atomic E-state index is 0.761. The van der Waals surface area contributed by atoms with Gasteiger partial charge in [0.1, 0.15) is 5.82 Å². The van der Waals surface area contributed by atoms with Gasteiger partial charge in [-0.15, -0.1) is 0 Å². The number of halogens is 1. The standard InChI is InChI=1S/C6H8IN3/c7-4-5-2-1-3-9-6(5)10-8/h1-3H,4,8H2,(H,9,10). The summed E-state index contributed by atoms with van der Waals surface area (Å²) in [7, 11) is 0. The summed E-state index contributed by atoms with van der Waals surface area (Å²) >= 11 is 2.27. The van der Waals surface area contributed by atoms with Crippen LogP contribution in [0, 0.1) is 0 Å². The average molecular weight is 249 g/mol. The van der Waals surface area contributed by atoms with E-state index >= 15 is 0 Å². The van der Waals surface area contributed by atoms with E-state index in [4.69, 9.17) is 5.84 Å². The lowest BCUT2D eigenvalue weighted by molar-refractivity contribution is 1.19. The van der Waals surface area contributed by atoms with Crippen LogP contribution in [0.3, 0.4) is 0 Å². The maximum Gasteiger partial charge on any atom is 0.143 e. The molecule has 0 aliphatic heterocycles. The molecule has 0 aliphatic rings. The van der Waals surface area contributed by atoms with Crippen molar-refractivity contribution in [3.05, 3.63) is 23.9 Å². The van der Waals surface area contributed by atoms with Crippen LogP contribution in [0.1, 0.15) is 5.56 Å². The Morgan fingerprint density at radius 3 is 3.00 bits per heavy atom. The zero-order chi connectivity index (χ0) is 7.40. The molecule has 0 unspecified atom stereocenters. The Bertz CT molecular complexity index is 191. The molecule has 3 nitrogen and oxygen atoms in total. The quantitative estimate of drug-likeness (QED) is 0.359. The molecule has 0 bridgehead atoms. The Morgan fingerprint density at radius 2 is 2.50 bits per heavy atom. The van der Waals surface area contributed by atoms with Crippen LogP contribution in [0.5, 0.6) is 0 Å². The van der Waals surface area contributed by atoms with E-state index in [9.17, 15) is 0 Å². The molecule has 1 aromatic heterocycles. The van der Waals surface area contributed by atoms with Crippen LogP contribution < -0.4 is 11.3 Å². The summed E-state index contributed by atoms with van der Waals surface area (Å²) in [6.07, 6.45) is 1.71. The van der Waals surface area contributed by atoms with E-state index in [-0.39, 0.29) is 0 Å². The van der Waals surface area contributed by atoms with Crippen LogP contribution in [0.2, 0.25) is 0 Å². The van der Waals surface area contributed by atoms with E-state index in [1.54, 1.807) is 6.20 Å². The highest BCUT2D eigenvalue weighted by molar-refractivity contribution is 14.1. The van der Waals surface area contributed by atoms with Gasteiger partial charge in [0.25, 0.3) is 0 Å². The first-order valence-electron chi connectivity index (χ1n) is 2.85. The Kier molecular flexibility index (Phi) is 2.88. The zero-order valence-electron chi connectivity index (χ0n) is 5.34. The first-order chi connectivity index (χ1) is 4.88. The molecule has 1 heterocycles. The van der Waals surface area contributed by atoms with Crippen molar-refractivity contribution in [3.8, 4) is 0 Å². The summed E-state index contributed by atoms with van der Waals surface area (Å²) < 4.78 is 0.922. The van der Waals surface area contributed by atoms with Gasteiger partial charge in [0, 0.05) is 16.2 Å². The molecule has 0 saturated heterocycles. The number of hydrogen-bond donors (Lipinski definition) is 2. The molecule has 4 heteroatoms. The fourth-order valence-electron chi connectivity index (χ4n) is 0.676. The molecule has 0 amide bonds. The van der Waals surface area contributed by atoms with Crippen LogP contribution >= 0.6 is 22.6 Å². The SMILES string of the molecule is NNc1ncccc1CI. The van der Waals surface area contributed by atoms with E-state index in [2.05, 4.69) is 33.0 Å². The van der Waals surface area contributed by atoms with Gasteiger partial charge in [0.15, 0.2) is 0 Å². The van der Waals surface area contributed by atoms with Crippen LogP contribution in [-0.2, 0) is 4.43 Å². The third-order valence-corrected chi connectivity index (χ3v) is 1.99. The number of nitrogens with one attached hydrogen (secondary N) is 1. The van der Waals surface area contributed by atoms with E-state index < -0.39 is 0 Å². The number of nitrogens with zero attached hydrogens (tertiary/aromatic N) is 1. The Hall–Kier alpha value is -0.360. The topological polar surface area (TPSA) is 50.9 Å². The van der Waals surface area contributed by atoms with Gasteiger partial charge in [-0.25, -0.2) is 10.8 Å². The normalized spacial score (nSPS) is 9.40. The molecule has 0 spiro atoms. The molecule has 0 aliphatic carbocycles. The molecule has 1 aromatic rings. The number of anilines is 1. The Morgan fingerprint density at radius 1 is 1.70 bits per heavy atom. The highest BCUT2D eigenvalue weighted by Gasteiger charge is 1.96. The smallest absolute Gasteiger partial charge is 0.143 e. The van der Waals surface area contributed by atoms with E-state index in [1.165, 1.54) is 0 Å². The largest absolute Gasteiger partial charge is 0.308 e. The Labute approximate surface area is 73.1 Å². The van der Waals surface area contributed by atoms with Crippen molar-refractivity contribution in [3.63, 3.8) is 0 Å². The van der Waals surface area contributed by atoms with Crippen molar-refractivity contribution in [2.45, 2.75) is 4.43 Å².